The van der Waals surface area contributed by atoms with Crippen LogP contribution in [0.1, 0.15) is 35.1 Å². The van der Waals surface area contributed by atoms with Gasteiger partial charge < -0.3 is 19.9 Å². The number of H-pyrrole nitrogens is 1. The lowest BCUT2D eigenvalue weighted by molar-refractivity contribution is -0.134. The van der Waals surface area contributed by atoms with E-state index in [0.29, 0.717) is 26.1 Å². The smallest absolute Gasteiger partial charge is 0.407 e. The lowest BCUT2D eigenvalue weighted by Crippen LogP contribution is -2.37. The standard InChI is InChI=1S/C29H32N4O3/c1-3-33(19-22-11-14-30-15-12-22)28(34)26(23-7-5-4-6-8-23)20-36-29(35)31-16-13-24-18-32-27-10-9-21(2)17-25(24)27/h4-12,14-15,17-18,26,32H,3,13,16,19-20H2,1-2H3,(H,31,35). The number of carbonyl (C=O) groups is 2. The fraction of sp³-hybridized carbons (Fsp3) is 0.276. The van der Waals surface area contributed by atoms with Crippen molar-refractivity contribution in [2.75, 3.05) is 19.7 Å². The minimum atomic E-state index is -0.588. The molecular formula is C29H32N4O3. The van der Waals surface area contributed by atoms with Gasteiger partial charge in [-0.1, -0.05) is 42.0 Å². The maximum atomic E-state index is 13.5. The number of nitrogens with zero attached hydrogens (tertiary/aromatic N) is 2. The summed E-state index contributed by atoms with van der Waals surface area (Å²) in [6.45, 7) is 5.42. The van der Waals surface area contributed by atoms with Crippen molar-refractivity contribution in [1.82, 2.24) is 20.2 Å². The van der Waals surface area contributed by atoms with Crippen molar-refractivity contribution >= 4 is 22.9 Å². The minimum absolute atomic E-state index is 0.0339. The molecular weight excluding hydrogens is 452 g/mol. The van der Waals surface area contributed by atoms with E-state index in [1.807, 2.05) is 55.6 Å². The number of pyridine rings is 1. The molecule has 186 valence electrons. The highest BCUT2D eigenvalue weighted by Gasteiger charge is 2.27. The van der Waals surface area contributed by atoms with E-state index in [4.69, 9.17) is 4.74 Å². The van der Waals surface area contributed by atoms with Crippen molar-refractivity contribution in [2.45, 2.75) is 32.7 Å². The number of likely N-dealkylation sites (N-methyl/N-ethyl adjacent to an activating group) is 1. The average molecular weight is 485 g/mol. The van der Waals surface area contributed by atoms with Crippen LogP contribution in [0.3, 0.4) is 0 Å². The van der Waals surface area contributed by atoms with Gasteiger partial charge in [-0.25, -0.2) is 4.79 Å². The molecule has 7 nitrogen and oxygen atoms in total. The maximum absolute atomic E-state index is 13.5. The van der Waals surface area contributed by atoms with Crippen LogP contribution < -0.4 is 5.32 Å². The molecule has 0 aliphatic carbocycles. The van der Waals surface area contributed by atoms with E-state index in [2.05, 4.69) is 40.4 Å². The van der Waals surface area contributed by atoms with Crippen LogP contribution in [0.2, 0.25) is 0 Å². The molecule has 0 radical (unpaired) electrons. The Bertz CT molecular complexity index is 1290. The highest BCUT2D eigenvalue weighted by Crippen LogP contribution is 2.22. The Balaban J connectivity index is 1.36. The summed E-state index contributed by atoms with van der Waals surface area (Å²) in [5, 5.41) is 3.98. The maximum Gasteiger partial charge on any atom is 0.407 e. The first-order chi connectivity index (χ1) is 17.5. The molecule has 2 amide bonds. The number of hydrogen-bond acceptors (Lipinski definition) is 4. The van der Waals surface area contributed by atoms with E-state index >= 15 is 0 Å². The number of carbonyl (C=O) groups excluding carboxylic acids is 2. The number of aromatic nitrogens is 2. The van der Waals surface area contributed by atoms with Crippen molar-refractivity contribution in [2.24, 2.45) is 0 Å². The third-order valence-electron chi connectivity index (χ3n) is 6.28. The molecule has 7 heteroatoms. The molecule has 0 aliphatic rings. The molecule has 2 N–H and O–H groups in total. The summed E-state index contributed by atoms with van der Waals surface area (Å²) in [4.78, 5) is 35.1. The van der Waals surface area contributed by atoms with Crippen LogP contribution in [0.15, 0.2) is 79.3 Å². The molecule has 2 aromatic carbocycles. The number of ether oxygens (including phenoxy) is 1. The van der Waals surface area contributed by atoms with Crippen molar-refractivity contribution < 1.29 is 14.3 Å². The number of amides is 2. The minimum Gasteiger partial charge on any atom is -0.448 e. The largest absolute Gasteiger partial charge is 0.448 e. The summed E-state index contributed by atoms with van der Waals surface area (Å²) < 4.78 is 5.54. The fourth-order valence-corrected chi connectivity index (χ4v) is 4.28. The van der Waals surface area contributed by atoms with Crippen LogP contribution in [0.25, 0.3) is 10.9 Å². The number of aryl methyl sites for hydroxylation is 1. The third-order valence-corrected chi connectivity index (χ3v) is 6.28. The number of rotatable bonds is 10. The lowest BCUT2D eigenvalue weighted by Gasteiger charge is -2.26. The molecule has 0 fully saturated rings. The van der Waals surface area contributed by atoms with Crippen molar-refractivity contribution in [3.63, 3.8) is 0 Å². The highest BCUT2D eigenvalue weighted by molar-refractivity contribution is 5.85. The first kappa shape index (κ1) is 25.0. The molecule has 0 saturated heterocycles. The Morgan fingerprint density at radius 2 is 1.86 bits per heavy atom. The number of nitrogens with one attached hydrogen (secondary N) is 2. The average Bonchev–Trinajstić information content (AvgIpc) is 3.30. The van der Waals surface area contributed by atoms with E-state index in [1.165, 1.54) is 5.56 Å². The van der Waals surface area contributed by atoms with Crippen molar-refractivity contribution in [1.29, 1.82) is 0 Å². The molecule has 0 saturated carbocycles. The highest BCUT2D eigenvalue weighted by atomic mass is 16.5. The lowest BCUT2D eigenvalue weighted by atomic mass is 9.98. The molecule has 4 aromatic rings. The van der Waals surface area contributed by atoms with Gasteiger partial charge in [-0.05, 0) is 61.2 Å². The van der Waals surface area contributed by atoms with Gasteiger partial charge in [-0.3, -0.25) is 9.78 Å². The van der Waals surface area contributed by atoms with Crippen molar-refractivity contribution in [3.8, 4) is 0 Å². The van der Waals surface area contributed by atoms with E-state index in [-0.39, 0.29) is 12.5 Å². The number of fused-ring (bicyclic) bond motifs is 1. The van der Waals surface area contributed by atoms with Crippen molar-refractivity contribution in [3.05, 3.63) is 102 Å². The predicted octanol–water partition coefficient (Wildman–Crippen LogP) is 4.97. The number of benzene rings is 2. The van der Waals surface area contributed by atoms with Gasteiger partial charge in [0.15, 0.2) is 0 Å². The fourth-order valence-electron chi connectivity index (χ4n) is 4.28. The molecule has 1 atom stereocenters. The molecule has 0 spiro atoms. The first-order valence-electron chi connectivity index (χ1n) is 12.2. The number of alkyl carbamates (subject to hydrolysis) is 1. The Labute approximate surface area is 211 Å². The Hall–Kier alpha value is -4.13. The van der Waals surface area contributed by atoms with Gasteiger partial charge in [-0.2, -0.15) is 0 Å². The van der Waals surface area contributed by atoms with Gasteiger partial charge in [0, 0.05) is 49.1 Å². The van der Waals surface area contributed by atoms with E-state index in [9.17, 15) is 9.59 Å². The summed E-state index contributed by atoms with van der Waals surface area (Å²) in [5.41, 5.74) is 5.23. The van der Waals surface area contributed by atoms with E-state index in [0.717, 1.165) is 27.6 Å². The van der Waals surface area contributed by atoms with Crippen LogP contribution in [-0.2, 0) is 22.5 Å². The molecule has 2 heterocycles. The zero-order valence-corrected chi connectivity index (χ0v) is 20.7. The Morgan fingerprint density at radius 1 is 1.08 bits per heavy atom. The van der Waals surface area contributed by atoms with Gasteiger partial charge in [-0.15, -0.1) is 0 Å². The zero-order chi connectivity index (χ0) is 25.3. The molecule has 0 bridgehead atoms. The molecule has 36 heavy (non-hydrogen) atoms. The second-order valence-electron chi connectivity index (χ2n) is 8.81. The first-order valence-corrected chi connectivity index (χ1v) is 12.2. The van der Waals surface area contributed by atoms with Gasteiger partial charge in [0.1, 0.15) is 6.61 Å². The summed E-state index contributed by atoms with van der Waals surface area (Å²) in [5.74, 6) is -0.669. The molecule has 2 aromatic heterocycles. The summed E-state index contributed by atoms with van der Waals surface area (Å²) in [7, 11) is 0. The van der Waals surface area contributed by atoms with Gasteiger partial charge in [0.05, 0.1) is 5.92 Å². The van der Waals surface area contributed by atoms with Crippen LogP contribution in [0.4, 0.5) is 4.79 Å². The normalized spacial score (nSPS) is 11.7. The van der Waals surface area contributed by atoms with Gasteiger partial charge in [0.25, 0.3) is 0 Å². The number of hydrogen-bond donors (Lipinski definition) is 2. The summed E-state index contributed by atoms with van der Waals surface area (Å²) in [6, 6.07) is 19.5. The number of aromatic amines is 1. The van der Waals surface area contributed by atoms with Crippen LogP contribution >= 0.6 is 0 Å². The second-order valence-corrected chi connectivity index (χ2v) is 8.81. The molecule has 1 unspecified atom stereocenters. The quantitative estimate of drug-likeness (QED) is 0.333. The Kier molecular flexibility index (Phi) is 8.34. The van der Waals surface area contributed by atoms with Crippen LogP contribution in [0.5, 0.6) is 0 Å². The monoisotopic (exact) mass is 484 g/mol. The molecule has 4 rings (SSSR count). The van der Waals surface area contributed by atoms with E-state index in [1.54, 1.807) is 17.3 Å². The summed E-state index contributed by atoms with van der Waals surface area (Å²) >= 11 is 0. The summed E-state index contributed by atoms with van der Waals surface area (Å²) in [6.07, 6.45) is 5.55. The topological polar surface area (TPSA) is 87.3 Å². The SMILES string of the molecule is CCN(Cc1ccncc1)C(=O)C(COC(=O)NCCc1c[nH]c2ccc(C)cc12)c1ccccc1. The van der Waals surface area contributed by atoms with Crippen LogP contribution in [-0.4, -0.2) is 46.6 Å². The van der Waals surface area contributed by atoms with Gasteiger partial charge >= 0.3 is 6.09 Å². The predicted molar refractivity (Wildman–Crippen MR) is 141 cm³/mol. The molecule has 0 aliphatic heterocycles. The Morgan fingerprint density at radius 3 is 2.61 bits per heavy atom. The third kappa shape index (κ3) is 6.30. The van der Waals surface area contributed by atoms with Crippen LogP contribution in [0, 0.1) is 6.92 Å². The van der Waals surface area contributed by atoms with E-state index < -0.39 is 12.0 Å². The zero-order valence-electron chi connectivity index (χ0n) is 20.7. The van der Waals surface area contributed by atoms with Gasteiger partial charge in [0.2, 0.25) is 5.91 Å². The second kappa shape index (κ2) is 12.0.